The molecule has 0 amide bonds. The Bertz CT molecular complexity index is 625. The molecule has 112 valence electrons. The average Bonchev–Trinajstić information content (AvgIpc) is 2.47. The van der Waals surface area contributed by atoms with Crippen molar-refractivity contribution in [1.82, 2.24) is 0 Å². The van der Waals surface area contributed by atoms with Crippen LogP contribution in [0.25, 0.3) is 0 Å². The number of hydrogen-bond acceptors (Lipinski definition) is 2. The number of aryl methyl sites for hydroxylation is 1. The molecular weight excluding hydrogens is 282 g/mol. The van der Waals surface area contributed by atoms with E-state index in [2.05, 4.69) is 26.8 Å². The highest BCUT2D eigenvalue weighted by molar-refractivity contribution is 6.32. The lowest BCUT2D eigenvalue weighted by molar-refractivity contribution is 0.468. The molecule has 2 aromatic carbocycles. The monoisotopic (exact) mass is 303 g/mol. The van der Waals surface area contributed by atoms with Gasteiger partial charge in [-0.2, -0.15) is 0 Å². The maximum absolute atomic E-state index is 6.33. The SMILES string of the molecule is CCC(N)Cc1cccc(Cl)c1Oc1cccc(C)c1C. The molecule has 0 aromatic heterocycles. The Morgan fingerprint density at radius 2 is 1.86 bits per heavy atom. The largest absolute Gasteiger partial charge is 0.455 e. The van der Waals surface area contributed by atoms with Crippen molar-refractivity contribution in [3.05, 3.63) is 58.1 Å². The maximum Gasteiger partial charge on any atom is 0.149 e. The second kappa shape index (κ2) is 6.97. The zero-order chi connectivity index (χ0) is 15.4. The minimum Gasteiger partial charge on any atom is -0.455 e. The summed E-state index contributed by atoms with van der Waals surface area (Å²) in [4.78, 5) is 0. The molecule has 2 rings (SSSR count). The van der Waals surface area contributed by atoms with E-state index < -0.39 is 0 Å². The Hall–Kier alpha value is -1.51. The smallest absolute Gasteiger partial charge is 0.149 e. The zero-order valence-corrected chi connectivity index (χ0v) is 13.6. The number of nitrogens with two attached hydrogens (primary N) is 1. The molecule has 0 radical (unpaired) electrons. The van der Waals surface area contributed by atoms with E-state index in [0.717, 1.165) is 35.5 Å². The standard InChI is InChI=1S/C18H22ClNO/c1-4-15(20)11-14-8-6-9-16(19)18(14)21-17-10-5-7-12(2)13(17)3/h5-10,15H,4,11,20H2,1-3H3. The first-order valence-electron chi connectivity index (χ1n) is 7.30. The number of benzene rings is 2. The quantitative estimate of drug-likeness (QED) is 0.841. The van der Waals surface area contributed by atoms with Crippen molar-refractivity contribution < 1.29 is 4.74 Å². The van der Waals surface area contributed by atoms with E-state index in [-0.39, 0.29) is 6.04 Å². The molecule has 0 saturated heterocycles. The van der Waals surface area contributed by atoms with E-state index in [4.69, 9.17) is 22.1 Å². The molecule has 2 aromatic rings. The minimum atomic E-state index is 0.115. The molecule has 2 nitrogen and oxygen atoms in total. The van der Waals surface area contributed by atoms with Gasteiger partial charge in [0.05, 0.1) is 5.02 Å². The average molecular weight is 304 g/mol. The molecule has 0 spiro atoms. The molecule has 0 bridgehead atoms. The van der Waals surface area contributed by atoms with E-state index in [9.17, 15) is 0 Å². The molecule has 1 atom stereocenters. The van der Waals surface area contributed by atoms with Crippen molar-refractivity contribution in [3.63, 3.8) is 0 Å². The number of ether oxygens (including phenoxy) is 1. The lowest BCUT2D eigenvalue weighted by Crippen LogP contribution is -2.21. The van der Waals surface area contributed by atoms with Crippen LogP contribution in [0.15, 0.2) is 36.4 Å². The van der Waals surface area contributed by atoms with Crippen molar-refractivity contribution in [1.29, 1.82) is 0 Å². The maximum atomic E-state index is 6.33. The number of hydrogen-bond donors (Lipinski definition) is 1. The molecule has 2 N–H and O–H groups in total. The van der Waals surface area contributed by atoms with Crippen LogP contribution in [0.3, 0.4) is 0 Å². The summed E-state index contributed by atoms with van der Waals surface area (Å²) in [5, 5.41) is 0.622. The van der Waals surface area contributed by atoms with Crippen molar-refractivity contribution in [2.75, 3.05) is 0 Å². The zero-order valence-electron chi connectivity index (χ0n) is 12.8. The molecule has 3 heteroatoms. The summed E-state index contributed by atoms with van der Waals surface area (Å²) in [6.45, 7) is 6.21. The van der Waals surface area contributed by atoms with E-state index in [0.29, 0.717) is 5.02 Å². The molecular formula is C18H22ClNO. The fourth-order valence-electron chi connectivity index (χ4n) is 2.20. The highest BCUT2D eigenvalue weighted by Gasteiger charge is 2.13. The van der Waals surface area contributed by atoms with Crippen molar-refractivity contribution in [2.24, 2.45) is 5.73 Å². The third-order valence-corrected chi connectivity index (χ3v) is 4.12. The summed E-state index contributed by atoms with van der Waals surface area (Å²) < 4.78 is 6.11. The lowest BCUT2D eigenvalue weighted by Gasteiger charge is -2.17. The van der Waals surface area contributed by atoms with Gasteiger partial charge in [-0.1, -0.05) is 42.8 Å². The van der Waals surface area contributed by atoms with Gasteiger partial charge in [-0.05, 0) is 55.5 Å². The number of rotatable bonds is 5. The molecule has 0 heterocycles. The first kappa shape index (κ1) is 15.9. The van der Waals surface area contributed by atoms with Gasteiger partial charge in [0, 0.05) is 6.04 Å². The normalized spacial score (nSPS) is 12.2. The van der Waals surface area contributed by atoms with Crippen LogP contribution in [0.4, 0.5) is 0 Å². The van der Waals surface area contributed by atoms with Crippen LogP contribution in [0.1, 0.15) is 30.0 Å². The van der Waals surface area contributed by atoms with Gasteiger partial charge in [-0.3, -0.25) is 0 Å². The molecule has 1 unspecified atom stereocenters. The van der Waals surface area contributed by atoms with Gasteiger partial charge in [0.15, 0.2) is 0 Å². The van der Waals surface area contributed by atoms with Gasteiger partial charge in [0.1, 0.15) is 11.5 Å². The number of halogens is 1. The van der Waals surface area contributed by atoms with Gasteiger partial charge >= 0.3 is 0 Å². The molecule has 0 aliphatic rings. The van der Waals surface area contributed by atoms with Gasteiger partial charge < -0.3 is 10.5 Å². The fraction of sp³-hybridized carbons (Fsp3) is 0.333. The minimum absolute atomic E-state index is 0.115. The van der Waals surface area contributed by atoms with Crippen LogP contribution in [0.5, 0.6) is 11.5 Å². The van der Waals surface area contributed by atoms with E-state index in [1.165, 1.54) is 5.56 Å². The molecule has 0 fully saturated rings. The fourth-order valence-corrected chi connectivity index (χ4v) is 2.43. The Kier molecular flexibility index (Phi) is 5.27. The van der Waals surface area contributed by atoms with Crippen LogP contribution in [-0.4, -0.2) is 6.04 Å². The second-order valence-corrected chi connectivity index (χ2v) is 5.81. The summed E-state index contributed by atoms with van der Waals surface area (Å²) >= 11 is 6.33. The molecule has 0 saturated carbocycles. The van der Waals surface area contributed by atoms with Gasteiger partial charge in [0.2, 0.25) is 0 Å². The highest BCUT2D eigenvalue weighted by Crippen LogP contribution is 2.35. The number of para-hydroxylation sites is 1. The van der Waals surface area contributed by atoms with E-state index in [1.807, 2.05) is 30.3 Å². The predicted molar refractivity (Wildman–Crippen MR) is 89.4 cm³/mol. The Balaban J connectivity index is 2.36. The van der Waals surface area contributed by atoms with Gasteiger partial charge in [-0.15, -0.1) is 0 Å². The summed E-state index contributed by atoms with van der Waals surface area (Å²) in [5.41, 5.74) is 9.45. The van der Waals surface area contributed by atoms with Crippen LogP contribution < -0.4 is 10.5 Å². The highest BCUT2D eigenvalue weighted by atomic mass is 35.5. The Labute approximate surface area is 131 Å². The van der Waals surface area contributed by atoms with Crippen LogP contribution in [0.2, 0.25) is 5.02 Å². The Morgan fingerprint density at radius 1 is 1.14 bits per heavy atom. The summed E-state index contributed by atoms with van der Waals surface area (Å²) in [7, 11) is 0. The first-order chi connectivity index (χ1) is 10.0. The van der Waals surface area contributed by atoms with Crippen molar-refractivity contribution in [3.8, 4) is 11.5 Å². The van der Waals surface area contributed by atoms with E-state index in [1.54, 1.807) is 0 Å². The lowest BCUT2D eigenvalue weighted by atomic mass is 10.0. The first-order valence-corrected chi connectivity index (χ1v) is 7.67. The van der Waals surface area contributed by atoms with E-state index >= 15 is 0 Å². The third kappa shape index (κ3) is 3.78. The summed E-state index contributed by atoms with van der Waals surface area (Å²) in [5.74, 6) is 1.56. The van der Waals surface area contributed by atoms with Crippen LogP contribution in [0, 0.1) is 13.8 Å². The molecule has 0 aliphatic carbocycles. The van der Waals surface area contributed by atoms with Gasteiger partial charge in [-0.25, -0.2) is 0 Å². The second-order valence-electron chi connectivity index (χ2n) is 5.40. The summed E-state index contributed by atoms with van der Waals surface area (Å²) in [6.07, 6.45) is 1.69. The summed E-state index contributed by atoms with van der Waals surface area (Å²) in [6, 6.07) is 12.0. The van der Waals surface area contributed by atoms with Gasteiger partial charge in [0.25, 0.3) is 0 Å². The Morgan fingerprint density at radius 3 is 2.57 bits per heavy atom. The van der Waals surface area contributed by atoms with Crippen LogP contribution in [-0.2, 0) is 6.42 Å². The van der Waals surface area contributed by atoms with Crippen molar-refractivity contribution >= 4 is 11.6 Å². The van der Waals surface area contributed by atoms with Crippen LogP contribution >= 0.6 is 11.6 Å². The molecule has 0 aliphatic heterocycles. The third-order valence-electron chi connectivity index (χ3n) is 3.82. The molecule has 21 heavy (non-hydrogen) atoms. The predicted octanol–water partition coefficient (Wildman–Crippen LogP) is 5.03. The topological polar surface area (TPSA) is 35.2 Å². The van der Waals surface area contributed by atoms with Crippen molar-refractivity contribution in [2.45, 2.75) is 39.7 Å².